The fourth-order valence-corrected chi connectivity index (χ4v) is 4.65. The Hall–Kier alpha value is -2.51. The van der Waals surface area contributed by atoms with Crippen LogP contribution in [0.2, 0.25) is 0 Å². The summed E-state index contributed by atoms with van der Waals surface area (Å²) in [6.07, 6.45) is 4.08. The van der Waals surface area contributed by atoms with Gasteiger partial charge in [0.25, 0.3) is 0 Å². The summed E-state index contributed by atoms with van der Waals surface area (Å²) in [7, 11) is 3.85. The van der Waals surface area contributed by atoms with E-state index in [-0.39, 0.29) is 18.0 Å². The molecule has 3 rings (SSSR count). The first-order chi connectivity index (χ1) is 17.9. The van der Waals surface area contributed by atoms with Crippen molar-refractivity contribution in [2.75, 3.05) is 63.4 Å². The highest BCUT2D eigenvalue weighted by atomic mass is 19.1. The predicted octanol–water partition coefficient (Wildman–Crippen LogP) is 6.18. The lowest BCUT2D eigenvalue weighted by atomic mass is 10.1. The maximum atomic E-state index is 14.4. The van der Waals surface area contributed by atoms with Gasteiger partial charge in [-0.1, -0.05) is 6.92 Å². The van der Waals surface area contributed by atoms with Gasteiger partial charge in [0, 0.05) is 71.6 Å². The summed E-state index contributed by atoms with van der Waals surface area (Å²) < 4.78 is 37.3. The van der Waals surface area contributed by atoms with E-state index in [1.165, 1.54) is 6.07 Å². The number of hydrogen-bond donors (Lipinski definition) is 0. The third-order valence-electron chi connectivity index (χ3n) is 7.08. The lowest BCUT2D eigenvalue weighted by Gasteiger charge is -2.34. The standard InChI is InChI=1S/C30H45FN2O4/c1-6-35-28-13-14-29(31)30(21-28)33-17-15-27(16-18-33)37-26-11-9-25(10-12-26)32(4)22-23(2)24(3)36-20-8-7-19-34-5/h9-14,21,23-24,27H,6-8,15-20,22H2,1-5H3/t23?,24-/m0/s1. The highest BCUT2D eigenvalue weighted by Gasteiger charge is 2.23. The Balaban J connectivity index is 1.43. The van der Waals surface area contributed by atoms with Gasteiger partial charge >= 0.3 is 0 Å². The van der Waals surface area contributed by atoms with Crippen molar-refractivity contribution in [3.8, 4) is 11.5 Å². The van der Waals surface area contributed by atoms with Gasteiger partial charge in [-0.2, -0.15) is 0 Å². The van der Waals surface area contributed by atoms with Crippen LogP contribution in [-0.2, 0) is 9.47 Å². The van der Waals surface area contributed by atoms with E-state index in [0.29, 0.717) is 24.0 Å². The number of hydrogen-bond acceptors (Lipinski definition) is 6. The van der Waals surface area contributed by atoms with Gasteiger partial charge in [-0.25, -0.2) is 4.39 Å². The number of unbranched alkanes of at least 4 members (excludes halogenated alkanes) is 1. The smallest absolute Gasteiger partial charge is 0.146 e. The zero-order chi connectivity index (χ0) is 26.6. The molecule has 1 aliphatic heterocycles. The van der Waals surface area contributed by atoms with Crippen LogP contribution in [0.25, 0.3) is 0 Å². The average molecular weight is 517 g/mol. The van der Waals surface area contributed by atoms with Crippen molar-refractivity contribution < 1.29 is 23.3 Å². The molecule has 0 aromatic heterocycles. The van der Waals surface area contributed by atoms with Gasteiger partial charge in [-0.05, 0) is 69.0 Å². The SMILES string of the molecule is CCOc1ccc(F)c(N2CCC(Oc3ccc(N(C)CC(C)[C@H](C)OCCCCOC)cc3)CC2)c1. The van der Waals surface area contributed by atoms with E-state index in [4.69, 9.17) is 18.9 Å². The Morgan fingerprint density at radius 2 is 1.68 bits per heavy atom. The van der Waals surface area contributed by atoms with Crippen LogP contribution in [0, 0.1) is 11.7 Å². The first kappa shape index (κ1) is 29.1. The Kier molecular flexibility index (Phi) is 11.8. The van der Waals surface area contributed by atoms with Gasteiger partial charge in [0.2, 0.25) is 0 Å². The molecule has 0 aliphatic carbocycles. The number of piperidine rings is 1. The molecule has 1 fully saturated rings. The van der Waals surface area contributed by atoms with Crippen molar-refractivity contribution >= 4 is 11.4 Å². The van der Waals surface area contributed by atoms with Crippen LogP contribution in [0.4, 0.5) is 15.8 Å². The second kappa shape index (κ2) is 15.0. The number of methoxy groups -OCH3 is 1. The summed E-state index contributed by atoms with van der Waals surface area (Å²) in [6.45, 7) is 10.9. The molecule has 1 heterocycles. The molecule has 0 bridgehead atoms. The first-order valence-electron chi connectivity index (χ1n) is 13.7. The van der Waals surface area contributed by atoms with Crippen LogP contribution in [0.1, 0.15) is 46.5 Å². The van der Waals surface area contributed by atoms with Crippen LogP contribution in [0.15, 0.2) is 42.5 Å². The highest BCUT2D eigenvalue weighted by Crippen LogP contribution is 2.29. The molecule has 206 valence electrons. The van der Waals surface area contributed by atoms with Gasteiger partial charge in [0.15, 0.2) is 0 Å². The van der Waals surface area contributed by atoms with E-state index in [0.717, 1.165) is 70.0 Å². The summed E-state index contributed by atoms with van der Waals surface area (Å²) in [5.41, 5.74) is 1.77. The normalized spacial score (nSPS) is 15.9. The van der Waals surface area contributed by atoms with Crippen molar-refractivity contribution in [1.29, 1.82) is 0 Å². The third-order valence-corrected chi connectivity index (χ3v) is 7.08. The summed E-state index contributed by atoms with van der Waals surface area (Å²) in [6, 6.07) is 13.3. The number of rotatable bonds is 15. The van der Waals surface area contributed by atoms with Gasteiger partial charge in [-0.3, -0.25) is 0 Å². The topological polar surface area (TPSA) is 43.4 Å². The number of ether oxygens (including phenoxy) is 4. The van der Waals surface area contributed by atoms with E-state index in [9.17, 15) is 4.39 Å². The lowest BCUT2D eigenvalue weighted by Crippen LogP contribution is -2.38. The number of halogens is 1. The number of nitrogens with zero attached hydrogens (tertiary/aromatic N) is 2. The second-order valence-electron chi connectivity index (χ2n) is 9.98. The molecule has 0 amide bonds. The van der Waals surface area contributed by atoms with Crippen LogP contribution in [0.3, 0.4) is 0 Å². The van der Waals surface area contributed by atoms with Crippen molar-refractivity contribution in [1.82, 2.24) is 0 Å². The maximum Gasteiger partial charge on any atom is 0.146 e. The monoisotopic (exact) mass is 516 g/mol. The van der Waals surface area contributed by atoms with Crippen LogP contribution >= 0.6 is 0 Å². The summed E-state index contributed by atoms with van der Waals surface area (Å²) in [4.78, 5) is 4.35. The number of anilines is 2. The molecule has 0 radical (unpaired) electrons. The Morgan fingerprint density at radius 3 is 2.35 bits per heavy atom. The molecule has 7 heteroatoms. The van der Waals surface area contributed by atoms with Crippen molar-refractivity contribution in [2.45, 2.75) is 58.7 Å². The highest BCUT2D eigenvalue weighted by molar-refractivity contribution is 5.52. The van der Waals surface area contributed by atoms with E-state index in [2.05, 4.69) is 42.8 Å². The van der Waals surface area contributed by atoms with Crippen molar-refractivity contribution in [3.05, 3.63) is 48.3 Å². The van der Waals surface area contributed by atoms with Gasteiger partial charge < -0.3 is 28.7 Å². The third kappa shape index (κ3) is 9.08. The molecule has 37 heavy (non-hydrogen) atoms. The molecule has 2 aromatic rings. The molecule has 0 spiro atoms. The summed E-state index contributed by atoms with van der Waals surface area (Å²) in [5, 5.41) is 0. The minimum absolute atomic E-state index is 0.125. The lowest BCUT2D eigenvalue weighted by molar-refractivity contribution is 0.0278. The van der Waals surface area contributed by atoms with Gasteiger partial charge in [0.1, 0.15) is 23.4 Å². The quantitative estimate of drug-likeness (QED) is 0.264. The second-order valence-corrected chi connectivity index (χ2v) is 9.98. The van der Waals surface area contributed by atoms with Gasteiger partial charge in [-0.15, -0.1) is 0 Å². The molecule has 1 unspecified atom stereocenters. The average Bonchev–Trinajstić information content (AvgIpc) is 2.90. The van der Waals surface area contributed by atoms with Crippen molar-refractivity contribution in [3.63, 3.8) is 0 Å². The zero-order valence-electron chi connectivity index (χ0n) is 23.2. The molecule has 6 nitrogen and oxygen atoms in total. The molecular formula is C30H45FN2O4. The fraction of sp³-hybridized carbons (Fsp3) is 0.600. The fourth-order valence-electron chi connectivity index (χ4n) is 4.65. The molecule has 0 saturated carbocycles. The predicted molar refractivity (Wildman–Crippen MR) is 149 cm³/mol. The van der Waals surface area contributed by atoms with E-state index in [1.807, 2.05) is 19.1 Å². The first-order valence-corrected chi connectivity index (χ1v) is 13.7. The van der Waals surface area contributed by atoms with Gasteiger partial charge in [0.05, 0.1) is 18.4 Å². The molecule has 0 N–H and O–H groups in total. The van der Waals surface area contributed by atoms with Crippen LogP contribution < -0.4 is 19.3 Å². The van der Waals surface area contributed by atoms with Crippen LogP contribution in [0.5, 0.6) is 11.5 Å². The van der Waals surface area contributed by atoms with Crippen molar-refractivity contribution in [2.24, 2.45) is 5.92 Å². The molecular weight excluding hydrogens is 471 g/mol. The van der Waals surface area contributed by atoms with E-state index in [1.54, 1.807) is 19.2 Å². The maximum absolute atomic E-state index is 14.4. The largest absolute Gasteiger partial charge is 0.494 e. The Bertz CT molecular complexity index is 918. The minimum atomic E-state index is -0.208. The molecule has 1 aliphatic rings. The molecule has 1 saturated heterocycles. The molecule has 2 aromatic carbocycles. The summed E-state index contributed by atoms with van der Waals surface area (Å²) >= 11 is 0. The van der Waals surface area contributed by atoms with E-state index < -0.39 is 0 Å². The Morgan fingerprint density at radius 1 is 1.00 bits per heavy atom. The molecule has 2 atom stereocenters. The van der Waals surface area contributed by atoms with Crippen LogP contribution in [-0.4, -0.2) is 65.8 Å². The minimum Gasteiger partial charge on any atom is -0.494 e. The summed E-state index contributed by atoms with van der Waals surface area (Å²) in [5.74, 6) is 1.78. The van der Waals surface area contributed by atoms with E-state index >= 15 is 0 Å². The Labute approximate surface area is 222 Å². The zero-order valence-corrected chi connectivity index (χ0v) is 23.2. The number of benzene rings is 2.